The first kappa shape index (κ1) is 20.4. The molecule has 1 heterocycles. The van der Waals surface area contributed by atoms with E-state index in [1.165, 1.54) is 60.9 Å². The number of pyridine rings is 1. The van der Waals surface area contributed by atoms with Gasteiger partial charge in [0.15, 0.2) is 11.9 Å². The SMILES string of the molecule is CC(C)=CCCC(C)=CCCC(C)=CCCC[n+]1ccccc1C. The van der Waals surface area contributed by atoms with Gasteiger partial charge in [-0.25, -0.2) is 4.57 Å². The predicted molar refractivity (Wildman–Crippen MR) is 106 cm³/mol. The molecule has 0 fully saturated rings. The molecule has 0 bridgehead atoms. The molecule has 0 aliphatic heterocycles. The fourth-order valence-corrected chi connectivity index (χ4v) is 2.76. The van der Waals surface area contributed by atoms with Crippen LogP contribution in [0.1, 0.15) is 71.9 Å². The summed E-state index contributed by atoms with van der Waals surface area (Å²) in [5.41, 5.74) is 5.81. The van der Waals surface area contributed by atoms with E-state index in [0.717, 1.165) is 6.54 Å². The maximum Gasteiger partial charge on any atom is 0.178 e. The largest absolute Gasteiger partial charge is 0.203 e. The molecule has 132 valence electrons. The Kier molecular flexibility index (Phi) is 10.1. The summed E-state index contributed by atoms with van der Waals surface area (Å²) >= 11 is 0. The normalized spacial score (nSPS) is 12.4. The van der Waals surface area contributed by atoms with E-state index < -0.39 is 0 Å². The number of aromatic nitrogens is 1. The van der Waals surface area contributed by atoms with Gasteiger partial charge in [-0.1, -0.05) is 41.0 Å². The van der Waals surface area contributed by atoms with Crippen LogP contribution in [0, 0.1) is 6.92 Å². The smallest absolute Gasteiger partial charge is 0.178 e. The standard InChI is InChI=1S/C23H36N/c1-20(2)12-10-14-22(4)16-11-15-21(3)13-6-8-18-24-19-9-7-17-23(24)5/h7,9,12-13,16-17,19H,6,8,10-11,14-15,18H2,1-5H3/q+1. The van der Waals surface area contributed by atoms with E-state index in [0.29, 0.717) is 0 Å². The lowest BCUT2D eigenvalue weighted by Gasteiger charge is -2.02. The van der Waals surface area contributed by atoms with Crippen LogP contribution in [0.2, 0.25) is 0 Å². The van der Waals surface area contributed by atoms with Gasteiger partial charge < -0.3 is 0 Å². The minimum absolute atomic E-state index is 1.11. The van der Waals surface area contributed by atoms with Crippen molar-refractivity contribution in [3.8, 4) is 0 Å². The molecule has 0 amide bonds. The Bertz CT molecular complexity index is 571. The van der Waals surface area contributed by atoms with Crippen molar-refractivity contribution in [3.63, 3.8) is 0 Å². The number of aryl methyl sites for hydroxylation is 2. The Labute approximate surface area is 149 Å². The van der Waals surface area contributed by atoms with E-state index in [-0.39, 0.29) is 0 Å². The van der Waals surface area contributed by atoms with Gasteiger partial charge in [0.1, 0.15) is 6.54 Å². The summed E-state index contributed by atoms with van der Waals surface area (Å²) in [6.45, 7) is 12.2. The second kappa shape index (κ2) is 11.8. The van der Waals surface area contributed by atoms with Gasteiger partial charge in [0, 0.05) is 25.5 Å². The van der Waals surface area contributed by atoms with Crippen LogP contribution in [0.15, 0.2) is 59.3 Å². The van der Waals surface area contributed by atoms with Crippen molar-refractivity contribution in [2.75, 3.05) is 0 Å². The van der Waals surface area contributed by atoms with E-state index in [4.69, 9.17) is 0 Å². The lowest BCUT2D eigenvalue weighted by Crippen LogP contribution is -2.36. The van der Waals surface area contributed by atoms with Gasteiger partial charge in [-0.05, 0) is 59.8 Å². The zero-order valence-corrected chi connectivity index (χ0v) is 16.4. The topological polar surface area (TPSA) is 3.88 Å². The van der Waals surface area contributed by atoms with Crippen molar-refractivity contribution < 1.29 is 4.57 Å². The molecule has 1 rings (SSSR count). The Morgan fingerprint density at radius 2 is 1.50 bits per heavy atom. The minimum Gasteiger partial charge on any atom is -0.203 e. The summed E-state index contributed by atoms with van der Waals surface area (Å²) in [6, 6.07) is 6.39. The van der Waals surface area contributed by atoms with Crippen molar-refractivity contribution in [1.82, 2.24) is 0 Å². The molecule has 0 atom stereocenters. The molecule has 1 heteroatoms. The van der Waals surface area contributed by atoms with E-state index in [1.54, 1.807) is 0 Å². The molecule has 1 aromatic heterocycles. The Balaban J connectivity index is 2.22. The average molecular weight is 327 g/mol. The number of hydrogen-bond donors (Lipinski definition) is 0. The van der Waals surface area contributed by atoms with E-state index in [2.05, 4.69) is 81.8 Å². The highest BCUT2D eigenvalue weighted by Gasteiger charge is 2.02. The number of nitrogens with zero attached hydrogens (tertiary/aromatic N) is 1. The Morgan fingerprint density at radius 1 is 0.875 bits per heavy atom. The van der Waals surface area contributed by atoms with Crippen LogP contribution < -0.4 is 4.57 Å². The summed E-state index contributed by atoms with van der Waals surface area (Å²) in [5.74, 6) is 0. The molecular weight excluding hydrogens is 290 g/mol. The van der Waals surface area contributed by atoms with Crippen LogP contribution in [0.4, 0.5) is 0 Å². The molecule has 1 aromatic rings. The van der Waals surface area contributed by atoms with E-state index >= 15 is 0 Å². The average Bonchev–Trinajstić information content (AvgIpc) is 2.52. The zero-order chi connectivity index (χ0) is 17.8. The number of allylic oxidation sites excluding steroid dienone is 6. The van der Waals surface area contributed by atoms with Crippen LogP contribution in [0.25, 0.3) is 0 Å². The fourth-order valence-electron chi connectivity index (χ4n) is 2.76. The quantitative estimate of drug-likeness (QED) is 0.263. The maximum absolute atomic E-state index is 2.42. The Morgan fingerprint density at radius 3 is 2.12 bits per heavy atom. The Hall–Kier alpha value is -1.63. The first-order chi connectivity index (χ1) is 11.5. The van der Waals surface area contributed by atoms with Crippen molar-refractivity contribution in [2.45, 2.75) is 79.7 Å². The molecule has 0 radical (unpaired) electrons. The molecular formula is C23H36N+. The lowest BCUT2D eigenvalue weighted by molar-refractivity contribution is -0.703. The third-order valence-corrected chi connectivity index (χ3v) is 4.39. The van der Waals surface area contributed by atoms with Gasteiger partial charge in [0.25, 0.3) is 0 Å². The summed E-state index contributed by atoms with van der Waals surface area (Å²) < 4.78 is 2.34. The van der Waals surface area contributed by atoms with Crippen LogP contribution in [0.3, 0.4) is 0 Å². The van der Waals surface area contributed by atoms with Crippen molar-refractivity contribution in [3.05, 3.63) is 65.0 Å². The van der Waals surface area contributed by atoms with E-state index in [1.807, 2.05) is 0 Å². The van der Waals surface area contributed by atoms with Crippen LogP contribution in [0.5, 0.6) is 0 Å². The van der Waals surface area contributed by atoms with Crippen molar-refractivity contribution in [2.24, 2.45) is 0 Å². The molecule has 0 N–H and O–H groups in total. The summed E-state index contributed by atoms with van der Waals surface area (Å²) in [7, 11) is 0. The highest BCUT2D eigenvalue weighted by molar-refractivity contribution is 5.05. The van der Waals surface area contributed by atoms with Crippen molar-refractivity contribution >= 4 is 0 Å². The third-order valence-electron chi connectivity index (χ3n) is 4.39. The molecule has 0 aliphatic rings. The van der Waals surface area contributed by atoms with E-state index in [9.17, 15) is 0 Å². The van der Waals surface area contributed by atoms with Gasteiger partial charge in [-0.2, -0.15) is 0 Å². The van der Waals surface area contributed by atoms with Crippen LogP contribution in [-0.2, 0) is 6.54 Å². The second-order valence-corrected chi connectivity index (χ2v) is 7.14. The molecule has 0 unspecified atom stereocenters. The highest BCUT2D eigenvalue weighted by Crippen LogP contribution is 2.12. The first-order valence-corrected chi connectivity index (χ1v) is 9.38. The molecule has 0 saturated carbocycles. The number of hydrogen-bond acceptors (Lipinski definition) is 0. The third kappa shape index (κ3) is 9.50. The van der Waals surface area contributed by atoms with Gasteiger partial charge >= 0.3 is 0 Å². The van der Waals surface area contributed by atoms with Gasteiger partial charge in [-0.15, -0.1) is 0 Å². The molecule has 0 aliphatic carbocycles. The minimum atomic E-state index is 1.11. The molecule has 24 heavy (non-hydrogen) atoms. The molecule has 0 aromatic carbocycles. The number of rotatable bonds is 10. The van der Waals surface area contributed by atoms with Crippen molar-refractivity contribution in [1.29, 1.82) is 0 Å². The summed E-state index contributed by atoms with van der Waals surface area (Å²) in [4.78, 5) is 0. The molecule has 0 spiro atoms. The van der Waals surface area contributed by atoms with Crippen LogP contribution >= 0.6 is 0 Å². The summed E-state index contributed by atoms with van der Waals surface area (Å²) in [5, 5.41) is 0. The molecule has 1 nitrogen and oxygen atoms in total. The number of unbranched alkanes of at least 4 members (excludes halogenated alkanes) is 1. The second-order valence-electron chi connectivity index (χ2n) is 7.14. The first-order valence-electron chi connectivity index (χ1n) is 9.38. The summed E-state index contributed by atoms with van der Waals surface area (Å²) in [6.07, 6.45) is 16.5. The molecule has 0 saturated heterocycles. The monoisotopic (exact) mass is 326 g/mol. The maximum atomic E-state index is 2.42. The van der Waals surface area contributed by atoms with Gasteiger partial charge in [0.05, 0.1) is 0 Å². The zero-order valence-electron chi connectivity index (χ0n) is 16.4. The van der Waals surface area contributed by atoms with Gasteiger partial charge in [-0.3, -0.25) is 0 Å². The predicted octanol–water partition coefficient (Wildman–Crippen LogP) is 6.48. The fraction of sp³-hybridized carbons (Fsp3) is 0.522. The lowest BCUT2D eigenvalue weighted by atomic mass is 10.1. The van der Waals surface area contributed by atoms with Gasteiger partial charge in [0.2, 0.25) is 0 Å². The highest BCUT2D eigenvalue weighted by atomic mass is 14.9. The van der Waals surface area contributed by atoms with Crippen LogP contribution in [-0.4, -0.2) is 0 Å².